The summed E-state index contributed by atoms with van der Waals surface area (Å²) in [6, 6.07) is 11.6. The Labute approximate surface area is 443 Å². The van der Waals surface area contributed by atoms with Crippen LogP contribution in [0, 0.1) is 0 Å². The minimum absolute atomic E-state index is 0.0202. The minimum Gasteiger partial charge on any atom is -0.394 e. The van der Waals surface area contributed by atoms with Crippen LogP contribution in [0.3, 0.4) is 0 Å². The summed E-state index contributed by atoms with van der Waals surface area (Å²) in [5.74, 6) is 0.144. The highest BCUT2D eigenvalue weighted by atomic mass is 16.4. The first-order valence-corrected chi connectivity index (χ1v) is 26.2. The molecule has 0 spiro atoms. The fourth-order valence-corrected chi connectivity index (χ4v) is 9.04. The fourth-order valence-electron chi connectivity index (χ4n) is 9.04. The van der Waals surface area contributed by atoms with Crippen molar-refractivity contribution in [2.75, 3.05) is 58.8 Å². The highest BCUT2D eigenvalue weighted by Gasteiger charge is 2.33. The summed E-state index contributed by atoms with van der Waals surface area (Å²) in [7, 11) is 3.36. The van der Waals surface area contributed by atoms with Gasteiger partial charge in [0.2, 0.25) is 5.91 Å². The van der Waals surface area contributed by atoms with Gasteiger partial charge in [-0.2, -0.15) is 0 Å². The van der Waals surface area contributed by atoms with Gasteiger partial charge in [0.15, 0.2) is 0 Å². The molecule has 26 nitrogen and oxygen atoms in total. The summed E-state index contributed by atoms with van der Waals surface area (Å²) >= 11 is 0. The lowest BCUT2D eigenvalue weighted by Gasteiger charge is -2.32. The molecule has 0 aliphatic carbocycles. The number of para-hydroxylation sites is 2. The quantitative estimate of drug-likeness (QED) is 0.0190. The number of nitrogens with zero attached hydrogens (tertiary/aromatic N) is 3. The maximum atomic E-state index is 12.7. The minimum atomic E-state index is -1.87. The van der Waals surface area contributed by atoms with Crippen molar-refractivity contribution >= 4 is 22.6 Å². The molecule has 0 fully saturated rings. The molecule has 2 aromatic carbocycles. The van der Waals surface area contributed by atoms with E-state index in [0.29, 0.717) is 44.6 Å². The lowest BCUT2D eigenvalue weighted by molar-refractivity contribution is -0.126. The van der Waals surface area contributed by atoms with E-state index in [9.17, 15) is 71.2 Å². The van der Waals surface area contributed by atoms with Gasteiger partial charge in [0, 0.05) is 50.4 Å². The average molecular weight is 1090 g/mol. The summed E-state index contributed by atoms with van der Waals surface area (Å²) in [6.45, 7) is 1.14. The fraction of sp³-hybridized carbons (Fsp3) is 0.720. The zero-order valence-corrected chi connectivity index (χ0v) is 43.8. The van der Waals surface area contributed by atoms with E-state index in [4.69, 9.17) is 10.2 Å². The molecular weight excluding hydrogens is 997 g/mol. The Morgan fingerprint density at radius 2 is 1.42 bits per heavy atom. The van der Waals surface area contributed by atoms with Crippen LogP contribution in [0.1, 0.15) is 87.9 Å². The van der Waals surface area contributed by atoms with Gasteiger partial charge in [0.25, 0.3) is 0 Å². The number of carbonyl (C=O) groups excluding carboxylic acids is 1. The highest BCUT2D eigenvalue weighted by molar-refractivity contribution is 5.76. The van der Waals surface area contributed by atoms with Crippen LogP contribution in [-0.4, -0.2) is 248 Å². The summed E-state index contributed by atoms with van der Waals surface area (Å²) in [4.78, 5) is 24.4. The smallest absolute Gasteiger partial charge is 0.220 e. The Balaban J connectivity index is 1.30. The largest absolute Gasteiger partial charge is 0.394 e. The molecule has 3 aromatic rings. The summed E-state index contributed by atoms with van der Waals surface area (Å²) in [5, 5.41) is 171. The van der Waals surface area contributed by atoms with Gasteiger partial charge in [-0.3, -0.25) is 30.5 Å². The second-order valence-electron chi connectivity index (χ2n) is 19.8. The van der Waals surface area contributed by atoms with Gasteiger partial charge < -0.3 is 97.5 Å². The number of carbonyl (C=O) groups is 1. The van der Waals surface area contributed by atoms with Gasteiger partial charge in [0.1, 0.15) is 73.6 Å². The molecule has 1 aliphatic heterocycles. The number of benzene rings is 2. The van der Waals surface area contributed by atoms with Gasteiger partial charge in [-0.05, 0) is 94.6 Å². The first-order valence-electron chi connectivity index (χ1n) is 26.2. The van der Waals surface area contributed by atoms with E-state index in [2.05, 4.69) is 41.9 Å². The Hall–Kier alpha value is -3.66. The maximum Gasteiger partial charge on any atom is 0.220 e. The number of likely N-dealkylation sites (N-methyl/N-ethyl adjacent to an activating group) is 1. The van der Waals surface area contributed by atoms with E-state index in [1.807, 2.05) is 61.3 Å². The number of hydrogen-bond donors (Lipinski definition) is 22. The molecule has 76 heavy (non-hydrogen) atoms. The molecule has 1 unspecified atom stereocenters. The van der Waals surface area contributed by atoms with E-state index in [1.54, 1.807) is 4.90 Å². The van der Waals surface area contributed by atoms with Crippen molar-refractivity contribution in [1.82, 2.24) is 46.4 Å². The van der Waals surface area contributed by atoms with E-state index in [-0.39, 0.29) is 31.7 Å². The van der Waals surface area contributed by atoms with Crippen LogP contribution in [0.2, 0.25) is 0 Å². The molecule has 0 saturated carbocycles. The number of aromatic nitrogens is 2. The normalized spacial score (nSPS) is 21.0. The summed E-state index contributed by atoms with van der Waals surface area (Å²) < 4.78 is 0. The number of aliphatic hydroxyl groups excluding tert-OH is 15. The highest BCUT2D eigenvalue weighted by Crippen LogP contribution is 2.30. The second kappa shape index (κ2) is 33.1. The zero-order valence-electron chi connectivity index (χ0n) is 43.8. The monoisotopic (exact) mass is 1080 g/mol. The number of fused-ring (bicyclic) bond motifs is 2. The average Bonchev–Trinajstić information content (AvgIpc) is 3.78. The van der Waals surface area contributed by atoms with Crippen molar-refractivity contribution in [2.45, 2.75) is 176 Å². The topological polar surface area (TPSA) is 428 Å². The first kappa shape index (κ1) is 64.9. The van der Waals surface area contributed by atoms with E-state index in [0.717, 1.165) is 47.4 Å². The lowest BCUT2D eigenvalue weighted by Crippen LogP contribution is -2.57. The number of H-pyrrole nitrogens is 1. The van der Waals surface area contributed by atoms with Crippen LogP contribution in [0.25, 0.3) is 11.0 Å². The SMILES string of the molecule is CCC1Nc2ccc([C@@H](O)N(C)Cc3nc4ccccc4[nH]3)cc2CN(CCCCCCN[C@H](O)[C@H](CC[C@@H](O)NC[C@@H](O)[C@H](O)[C@@H](O)[C@@H](O)CO)N[C@H](O)[C@H](CCC(=O)NC[C@H](O)[C@H](O)[C@@H](O)[C@H](O)CO)NC)[C@@H]1O. The van der Waals surface area contributed by atoms with Crippen LogP contribution in [0.5, 0.6) is 0 Å². The Bertz CT molecular complexity index is 2070. The van der Waals surface area contributed by atoms with Crippen molar-refractivity contribution in [1.29, 1.82) is 0 Å². The third kappa shape index (κ3) is 19.9. The maximum absolute atomic E-state index is 12.7. The molecule has 2 heterocycles. The number of amides is 1. The van der Waals surface area contributed by atoms with Crippen molar-refractivity contribution in [3.8, 4) is 0 Å². The number of nitrogens with one attached hydrogen (secondary N) is 7. The molecule has 434 valence electrons. The van der Waals surface area contributed by atoms with Crippen molar-refractivity contribution < 1.29 is 81.4 Å². The van der Waals surface area contributed by atoms with Gasteiger partial charge in [-0.15, -0.1) is 0 Å². The molecule has 0 saturated heterocycles. The van der Waals surface area contributed by atoms with Crippen molar-refractivity contribution in [3.63, 3.8) is 0 Å². The Morgan fingerprint density at radius 1 is 0.776 bits per heavy atom. The van der Waals surface area contributed by atoms with Gasteiger partial charge in [0.05, 0.1) is 49.0 Å². The molecule has 16 atom stereocenters. The third-order valence-electron chi connectivity index (χ3n) is 14.0. The predicted molar refractivity (Wildman–Crippen MR) is 279 cm³/mol. The van der Waals surface area contributed by atoms with Gasteiger partial charge in [-0.25, -0.2) is 4.98 Å². The molecule has 1 aromatic heterocycles. The zero-order chi connectivity index (χ0) is 56.1. The predicted octanol–water partition coefficient (Wildman–Crippen LogP) is -5.20. The standard InChI is InChI=1S/C50H88N10O16/c1-4-30-50(76)60(24-29-21-28(13-14-31(29)55-30)49(75)59(3)25-40-56-32-11-7-8-12-33(32)57-40)20-10-6-5-9-19-52-47(73)35(16-18-42(68)54-23-37(64)44(70)46(72)39(66)27-62)58-48(74)34(51-2)15-17-41(67)53-22-36(63)43(69)45(71)38(65)26-61/h7-8,11-14,21,30,34-39,42-52,54-55,58,61-66,68-76H,4-6,9-10,15-20,22-27H2,1-3H3,(H,53,67)(H,56,57)/t30?,34-,35-,36-,37+,38+,39-,42+,43-,44-,45-,46-,47+,48+,49+,50+/m0/s1. The first-order chi connectivity index (χ1) is 36.2. The number of anilines is 1. The molecule has 1 amide bonds. The van der Waals surface area contributed by atoms with Crippen molar-refractivity contribution in [2.24, 2.45) is 0 Å². The molecule has 0 radical (unpaired) electrons. The molecule has 1 aliphatic rings. The molecule has 22 N–H and O–H groups in total. The van der Waals surface area contributed by atoms with Crippen LogP contribution in [-0.2, 0) is 17.9 Å². The van der Waals surface area contributed by atoms with Crippen LogP contribution < -0.4 is 31.9 Å². The number of imidazole rings is 1. The van der Waals surface area contributed by atoms with Gasteiger partial charge in [-0.1, -0.05) is 38.0 Å². The van der Waals surface area contributed by atoms with E-state index in [1.165, 1.54) is 7.05 Å². The van der Waals surface area contributed by atoms with Crippen LogP contribution >= 0.6 is 0 Å². The van der Waals surface area contributed by atoms with E-state index < -0.39 is 124 Å². The summed E-state index contributed by atoms with van der Waals surface area (Å²) in [6.07, 6.45) is -16.5. The van der Waals surface area contributed by atoms with Crippen molar-refractivity contribution in [3.05, 3.63) is 59.4 Å². The number of hydrogen-bond acceptors (Lipinski definition) is 24. The Kier molecular flexibility index (Phi) is 28.2. The number of unbranched alkanes of at least 4 members (excludes halogenated alkanes) is 3. The lowest BCUT2D eigenvalue weighted by atomic mass is 10.0. The second-order valence-corrected chi connectivity index (χ2v) is 19.8. The third-order valence-corrected chi connectivity index (χ3v) is 14.0. The number of rotatable bonds is 37. The molecule has 0 bridgehead atoms. The Morgan fingerprint density at radius 3 is 2.07 bits per heavy atom. The van der Waals surface area contributed by atoms with Gasteiger partial charge >= 0.3 is 0 Å². The van der Waals surface area contributed by atoms with E-state index >= 15 is 0 Å². The number of aromatic amines is 1. The summed E-state index contributed by atoms with van der Waals surface area (Å²) in [5.41, 5.74) is 4.32. The molecule has 26 heteroatoms. The van der Waals surface area contributed by atoms with Crippen LogP contribution in [0.15, 0.2) is 42.5 Å². The number of aliphatic hydroxyl groups is 15. The molecular formula is C50H88N10O16. The van der Waals surface area contributed by atoms with Crippen LogP contribution in [0.4, 0.5) is 5.69 Å². The molecule has 4 rings (SSSR count).